The molecule has 1 heterocycles. The molecule has 0 atom stereocenters. The second-order valence-corrected chi connectivity index (χ2v) is 4.89. The predicted octanol–water partition coefficient (Wildman–Crippen LogP) is 2.41. The third-order valence-electron chi connectivity index (χ3n) is 2.36. The van der Waals surface area contributed by atoms with Crippen LogP contribution in [0.1, 0.15) is 21.7 Å². The number of carbonyl (C=O) groups is 1. The van der Waals surface area contributed by atoms with Gasteiger partial charge in [0.15, 0.2) is 5.13 Å². The highest BCUT2D eigenvalue weighted by molar-refractivity contribution is 7.16. The topological polar surface area (TPSA) is 62.2 Å². The molecule has 2 aromatic rings. The van der Waals surface area contributed by atoms with Crippen LogP contribution in [0.25, 0.3) is 0 Å². The first-order valence-corrected chi connectivity index (χ1v) is 6.74. The normalized spacial score (nSPS) is 9.86. The Hall–Kier alpha value is -2.30. The van der Waals surface area contributed by atoms with Gasteiger partial charge in [0.25, 0.3) is 5.91 Å². The van der Waals surface area contributed by atoms with E-state index in [0.717, 1.165) is 23.5 Å². The number of aliphatic hydroxyl groups excluding tert-OH is 1. The SMILES string of the molecule is O=C(Nc1ncc(C#CCCO)s1)c1c(F)cccc1F. The summed E-state index contributed by atoms with van der Waals surface area (Å²) in [5, 5.41) is 11.1. The number of hydrogen-bond donors (Lipinski definition) is 2. The minimum Gasteiger partial charge on any atom is -0.395 e. The smallest absolute Gasteiger partial charge is 0.263 e. The van der Waals surface area contributed by atoms with Crippen molar-refractivity contribution >= 4 is 22.4 Å². The van der Waals surface area contributed by atoms with Crippen molar-refractivity contribution in [1.82, 2.24) is 4.98 Å². The molecule has 0 aliphatic heterocycles. The van der Waals surface area contributed by atoms with Crippen LogP contribution in [0.5, 0.6) is 0 Å². The molecule has 0 aliphatic rings. The van der Waals surface area contributed by atoms with Crippen molar-refractivity contribution < 1.29 is 18.7 Å². The van der Waals surface area contributed by atoms with Gasteiger partial charge in [0.1, 0.15) is 17.2 Å². The van der Waals surface area contributed by atoms with Crippen LogP contribution in [0.15, 0.2) is 24.4 Å². The molecule has 4 nitrogen and oxygen atoms in total. The first-order chi connectivity index (χ1) is 10.1. The number of rotatable bonds is 3. The molecule has 0 radical (unpaired) electrons. The monoisotopic (exact) mass is 308 g/mol. The Morgan fingerprint density at radius 3 is 2.76 bits per heavy atom. The fourth-order valence-corrected chi connectivity index (χ4v) is 2.16. The van der Waals surface area contributed by atoms with E-state index in [2.05, 4.69) is 22.1 Å². The van der Waals surface area contributed by atoms with Gasteiger partial charge in [-0.2, -0.15) is 0 Å². The van der Waals surface area contributed by atoms with E-state index < -0.39 is 23.1 Å². The van der Waals surface area contributed by atoms with E-state index in [1.165, 1.54) is 12.3 Å². The molecule has 1 aromatic carbocycles. The van der Waals surface area contributed by atoms with Crippen LogP contribution in [0.3, 0.4) is 0 Å². The maximum atomic E-state index is 13.5. The number of hydrogen-bond acceptors (Lipinski definition) is 4. The molecule has 1 amide bonds. The molecule has 1 aromatic heterocycles. The second-order valence-electron chi connectivity index (χ2n) is 3.86. The highest BCUT2D eigenvalue weighted by Crippen LogP contribution is 2.19. The van der Waals surface area contributed by atoms with Gasteiger partial charge in [-0.05, 0) is 12.1 Å². The lowest BCUT2D eigenvalue weighted by atomic mass is 10.2. The van der Waals surface area contributed by atoms with Crippen LogP contribution in [-0.2, 0) is 0 Å². The molecule has 0 saturated carbocycles. The highest BCUT2D eigenvalue weighted by atomic mass is 32.1. The molecule has 0 saturated heterocycles. The average Bonchev–Trinajstić information content (AvgIpc) is 2.86. The van der Waals surface area contributed by atoms with Gasteiger partial charge in [0, 0.05) is 6.42 Å². The molecule has 7 heteroatoms. The summed E-state index contributed by atoms with van der Waals surface area (Å²) in [5.41, 5.74) is -0.652. The largest absolute Gasteiger partial charge is 0.395 e. The first-order valence-electron chi connectivity index (χ1n) is 5.92. The number of nitrogens with zero attached hydrogens (tertiary/aromatic N) is 1. The van der Waals surface area contributed by atoms with Crippen molar-refractivity contribution in [2.75, 3.05) is 11.9 Å². The van der Waals surface area contributed by atoms with Crippen LogP contribution in [0.4, 0.5) is 13.9 Å². The Bertz CT molecular complexity index is 699. The van der Waals surface area contributed by atoms with Crippen molar-refractivity contribution in [2.45, 2.75) is 6.42 Å². The van der Waals surface area contributed by atoms with Crippen molar-refractivity contribution in [3.05, 3.63) is 46.5 Å². The lowest BCUT2D eigenvalue weighted by Gasteiger charge is -2.03. The predicted molar refractivity (Wildman–Crippen MR) is 75.0 cm³/mol. The Morgan fingerprint density at radius 1 is 1.38 bits per heavy atom. The number of carbonyl (C=O) groups excluding carboxylic acids is 1. The van der Waals surface area contributed by atoms with Gasteiger partial charge >= 0.3 is 0 Å². The number of halogens is 2. The van der Waals surface area contributed by atoms with Crippen LogP contribution < -0.4 is 5.32 Å². The van der Waals surface area contributed by atoms with E-state index in [1.54, 1.807) is 0 Å². The molecule has 0 spiro atoms. The van der Waals surface area contributed by atoms with Gasteiger partial charge in [0.2, 0.25) is 0 Å². The number of benzene rings is 1. The van der Waals surface area contributed by atoms with Crippen LogP contribution >= 0.6 is 11.3 Å². The van der Waals surface area contributed by atoms with Gasteiger partial charge in [-0.15, -0.1) is 0 Å². The lowest BCUT2D eigenvalue weighted by molar-refractivity contribution is 0.101. The zero-order valence-electron chi connectivity index (χ0n) is 10.7. The van der Waals surface area contributed by atoms with Crippen molar-refractivity contribution in [3.8, 4) is 11.8 Å². The van der Waals surface area contributed by atoms with E-state index in [1.807, 2.05) is 0 Å². The third kappa shape index (κ3) is 3.84. The Morgan fingerprint density at radius 2 is 2.10 bits per heavy atom. The molecule has 0 fully saturated rings. The first kappa shape index (κ1) is 15.1. The number of aromatic nitrogens is 1. The molecule has 108 valence electrons. The fourth-order valence-electron chi connectivity index (χ4n) is 1.47. The Kier molecular flexibility index (Phi) is 4.98. The summed E-state index contributed by atoms with van der Waals surface area (Å²) < 4.78 is 26.9. The number of nitrogens with one attached hydrogen (secondary N) is 1. The van der Waals surface area contributed by atoms with Gasteiger partial charge in [0.05, 0.1) is 17.7 Å². The van der Waals surface area contributed by atoms with Crippen molar-refractivity contribution in [2.24, 2.45) is 0 Å². The maximum absolute atomic E-state index is 13.5. The number of aliphatic hydroxyl groups is 1. The summed E-state index contributed by atoms with van der Waals surface area (Å²) in [6.07, 6.45) is 1.77. The minimum absolute atomic E-state index is 0.0397. The molecule has 2 rings (SSSR count). The zero-order chi connectivity index (χ0) is 15.2. The molecule has 0 unspecified atom stereocenters. The van der Waals surface area contributed by atoms with Crippen molar-refractivity contribution in [3.63, 3.8) is 0 Å². The quantitative estimate of drug-likeness (QED) is 0.856. The van der Waals surface area contributed by atoms with E-state index in [9.17, 15) is 13.6 Å². The Labute approximate surface area is 123 Å². The van der Waals surface area contributed by atoms with Crippen molar-refractivity contribution in [1.29, 1.82) is 0 Å². The maximum Gasteiger partial charge on any atom is 0.263 e. The molecule has 0 bridgehead atoms. The summed E-state index contributed by atoms with van der Waals surface area (Å²) >= 11 is 1.07. The lowest BCUT2D eigenvalue weighted by Crippen LogP contribution is -2.15. The van der Waals surface area contributed by atoms with E-state index in [-0.39, 0.29) is 11.7 Å². The zero-order valence-corrected chi connectivity index (χ0v) is 11.5. The van der Waals surface area contributed by atoms with E-state index >= 15 is 0 Å². The van der Waals surface area contributed by atoms with Gasteiger partial charge in [-0.3, -0.25) is 10.1 Å². The summed E-state index contributed by atoms with van der Waals surface area (Å²) in [6.45, 7) is -0.0397. The molecular formula is C14H10F2N2O2S. The average molecular weight is 308 g/mol. The molecule has 0 aliphatic carbocycles. The summed E-state index contributed by atoms with van der Waals surface area (Å²) in [7, 11) is 0. The van der Waals surface area contributed by atoms with Crippen LogP contribution in [-0.4, -0.2) is 22.6 Å². The summed E-state index contributed by atoms with van der Waals surface area (Å²) in [5.74, 6) is 2.67. The van der Waals surface area contributed by atoms with Gasteiger partial charge in [-0.1, -0.05) is 29.2 Å². The van der Waals surface area contributed by atoms with E-state index in [4.69, 9.17) is 5.11 Å². The minimum atomic E-state index is -0.938. The van der Waals surface area contributed by atoms with Gasteiger partial charge in [-0.25, -0.2) is 13.8 Å². The van der Waals surface area contributed by atoms with Crippen LogP contribution in [0.2, 0.25) is 0 Å². The molecule has 21 heavy (non-hydrogen) atoms. The second kappa shape index (κ2) is 6.92. The summed E-state index contributed by atoms with van der Waals surface area (Å²) in [6, 6.07) is 3.19. The van der Waals surface area contributed by atoms with Crippen LogP contribution in [0, 0.1) is 23.5 Å². The standard InChI is InChI=1S/C14H10F2N2O2S/c15-10-5-3-6-11(16)12(10)13(20)18-14-17-8-9(21-14)4-1-2-7-19/h3,5-6,8,19H,2,7H2,(H,17,18,20). The molecule has 2 N–H and O–H groups in total. The van der Waals surface area contributed by atoms with Gasteiger partial charge < -0.3 is 5.11 Å². The Balaban J connectivity index is 2.12. The summed E-state index contributed by atoms with van der Waals surface area (Å²) in [4.78, 5) is 16.3. The number of anilines is 1. The highest BCUT2D eigenvalue weighted by Gasteiger charge is 2.18. The third-order valence-corrected chi connectivity index (χ3v) is 3.19. The number of thiazole rings is 1. The van der Waals surface area contributed by atoms with E-state index in [0.29, 0.717) is 11.3 Å². The molecular weight excluding hydrogens is 298 g/mol. The fraction of sp³-hybridized carbons (Fsp3) is 0.143. The number of amides is 1.